The van der Waals surface area contributed by atoms with Crippen LogP contribution < -0.4 is 10.6 Å². The van der Waals surface area contributed by atoms with Gasteiger partial charge in [-0.3, -0.25) is 10.1 Å². The van der Waals surface area contributed by atoms with Crippen molar-refractivity contribution in [2.24, 2.45) is 5.92 Å². The van der Waals surface area contributed by atoms with Crippen molar-refractivity contribution in [2.75, 3.05) is 20.2 Å². The fraction of sp³-hybridized carbons (Fsp3) is 0.778. The molecule has 0 aliphatic carbocycles. The van der Waals surface area contributed by atoms with Gasteiger partial charge in [0.2, 0.25) is 0 Å². The van der Waals surface area contributed by atoms with Crippen LogP contribution in [0.4, 0.5) is 0 Å². The number of halogens is 1. The molecule has 16 heavy (non-hydrogen) atoms. The van der Waals surface area contributed by atoms with Gasteiger partial charge in [-0.1, -0.05) is 0 Å². The van der Waals surface area contributed by atoms with E-state index in [1.54, 1.807) is 7.05 Å². The summed E-state index contributed by atoms with van der Waals surface area (Å²) in [5, 5.41) is 15.6. The smallest absolute Gasteiger partial charge is 0.377 e. The monoisotopic (exact) mass is 249 g/mol. The molecule has 92 valence electrons. The summed E-state index contributed by atoms with van der Waals surface area (Å²) in [4.78, 5) is 9.83. The highest BCUT2D eigenvalue weighted by molar-refractivity contribution is 6.28. The van der Waals surface area contributed by atoms with Crippen LogP contribution in [-0.2, 0) is 4.74 Å². The average molecular weight is 250 g/mol. The van der Waals surface area contributed by atoms with Gasteiger partial charge in [0, 0.05) is 19.5 Å². The van der Waals surface area contributed by atoms with Crippen molar-refractivity contribution < 1.29 is 9.66 Å². The molecular weight excluding hydrogens is 234 g/mol. The summed E-state index contributed by atoms with van der Waals surface area (Å²) in [6.45, 7) is 3.31. The standard InChI is InChI=1S/C9H16ClN3O3/c1-6-3-7(5-16-6)4-12-9(11-2)8(10)13(14)15/h6-7,11-12H,3-5H2,1-2H3. The molecule has 1 fully saturated rings. The van der Waals surface area contributed by atoms with Crippen LogP contribution in [0.3, 0.4) is 0 Å². The average Bonchev–Trinajstić information content (AvgIpc) is 2.64. The molecule has 1 rings (SSSR count). The van der Waals surface area contributed by atoms with Gasteiger partial charge in [0.15, 0.2) is 5.82 Å². The Labute approximate surface area is 99.1 Å². The van der Waals surface area contributed by atoms with Crippen LogP contribution in [0.2, 0.25) is 0 Å². The van der Waals surface area contributed by atoms with E-state index in [1.165, 1.54) is 0 Å². The van der Waals surface area contributed by atoms with Crippen molar-refractivity contribution in [2.45, 2.75) is 19.4 Å². The third-order valence-corrected chi connectivity index (χ3v) is 2.79. The first-order chi connectivity index (χ1) is 7.54. The molecular formula is C9H16ClN3O3. The van der Waals surface area contributed by atoms with Gasteiger partial charge in [0.05, 0.1) is 17.6 Å². The third kappa shape index (κ3) is 3.53. The van der Waals surface area contributed by atoms with E-state index in [2.05, 4.69) is 10.6 Å². The maximum Gasteiger partial charge on any atom is 0.377 e. The van der Waals surface area contributed by atoms with Gasteiger partial charge in [-0.2, -0.15) is 0 Å². The van der Waals surface area contributed by atoms with Crippen molar-refractivity contribution in [3.8, 4) is 0 Å². The second kappa shape index (κ2) is 5.91. The molecule has 0 aromatic carbocycles. The van der Waals surface area contributed by atoms with E-state index in [9.17, 15) is 10.1 Å². The van der Waals surface area contributed by atoms with Crippen LogP contribution in [0.1, 0.15) is 13.3 Å². The molecule has 2 unspecified atom stereocenters. The molecule has 0 bridgehead atoms. The van der Waals surface area contributed by atoms with E-state index in [0.717, 1.165) is 6.42 Å². The van der Waals surface area contributed by atoms with Crippen LogP contribution in [0.25, 0.3) is 0 Å². The number of ether oxygens (including phenoxy) is 1. The first-order valence-corrected chi connectivity index (χ1v) is 5.49. The molecule has 0 amide bonds. The minimum Gasteiger partial charge on any atom is -0.378 e. The Bertz CT molecular complexity index is 296. The van der Waals surface area contributed by atoms with Gasteiger partial charge < -0.3 is 15.4 Å². The number of nitro groups is 1. The van der Waals surface area contributed by atoms with Gasteiger partial charge in [-0.15, -0.1) is 0 Å². The predicted octanol–water partition coefficient (Wildman–Crippen LogP) is 0.862. The Morgan fingerprint density at radius 3 is 2.81 bits per heavy atom. The zero-order valence-corrected chi connectivity index (χ0v) is 10.1. The first kappa shape index (κ1) is 13.1. The lowest BCUT2D eigenvalue weighted by Crippen LogP contribution is -2.30. The molecule has 0 aromatic heterocycles. The first-order valence-electron chi connectivity index (χ1n) is 5.12. The normalized spacial score (nSPS) is 26.2. The van der Waals surface area contributed by atoms with Gasteiger partial charge >= 0.3 is 5.16 Å². The molecule has 1 saturated heterocycles. The summed E-state index contributed by atoms with van der Waals surface area (Å²) in [6.07, 6.45) is 1.22. The van der Waals surface area contributed by atoms with Gasteiger partial charge in [0.1, 0.15) is 0 Å². The Kier molecular flexibility index (Phi) is 4.82. The highest BCUT2D eigenvalue weighted by atomic mass is 35.5. The minimum absolute atomic E-state index is 0.242. The second-order valence-corrected chi connectivity index (χ2v) is 4.16. The minimum atomic E-state index is -0.631. The van der Waals surface area contributed by atoms with Crippen molar-refractivity contribution in [1.29, 1.82) is 0 Å². The van der Waals surface area contributed by atoms with Crippen LogP contribution in [0.5, 0.6) is 0 Å². The number of hydrogen-bond acceptors (Lipinski definition) is 5. The molecule has 2 atom stereocenters. The SMILES string of the molecule is CNC(NCC1COC(C)C1)=C(Cl)[N+](=O)[O-]. The zero-order chi connectivity index (χ0) is 12.1. The third-order valence-electron chi connectivity index (χ3n) is 2.47. The number of hydrogen-bond donors (Lipinski definition) is 2. The topological polar surface area (TPSA) is 76.4 Å². The van der Waals surface area contributed by atoms with E-state index >= 15 is 0 Å². The van der Waals surface area contributed by atoms with Gasteiger partial charge in [-0.25, -0.2) is 0 Å². The Morgan fingerprint density at radius 2 is 2.38 bits per heavy atom. The lowest BCUT2D eigenvalue weighted by Gasteiger charge is -2.12. The maximum atomic E-state index is 10.5. The van der Waals surface area contributed by atoms with E-state index < -0.39 is 10.1 Å². The molecule has 1 aliphatic rings. The molecule has 0 aromatic rings. The van der Waals surface area contributed by atoms with Crippen molar-refractivity contribution >= 4 is 11.6 Å². The van der Waals surface area contributed by atoms with E-state index in [0.29, 0.717) is 19.1 Å². The van der Waals surface area contributed by atoms with Gasteiger partial charge in [-0.05, 0) is 24.9 Å². The number of rotatable bonds is 5. The van der Waals surface area contributed by atoms with E-state index in [-0.39, 0.29) is 11.9 Å². The summed E-state index contributed by atoms with van der Waals surface area (Å²) in [5.74, 6) is 0.612. The molecule has 0 spiro atoms. The van der Waals surface area contributed by atoms with Crippen LogP contribution >= 0.6 is 11.6 Å². The Balaban J connectivity index is 2.46. The molecule has 1 aliphatic heterocycles. The van der Waals surface area contributed by atoms with Crippen molar-refractivity contribution in [3.05, 3.63) is 21.1 Å². The molecule has 6 nitrogen and oxygen atoms in total. The summed E-state index contributed by atoms with van der Waals surface area (Å²) in [5.41, 5.74) is 0. The lowest BCUT2D eigenvalue weighted by atomic mass is 10.1. The summed E-state index contributed by atoms with van der Waals surface area (Å²) in [6, 6.07) is 0. The van der Waals surface area contributed by atoms with Crippen LogP contribution in [0, 0.1) is 16.0 Å². The lowest BCUT2D eigenvalue weighted by molar-refractivity contribution is -0.414. The molecule has 1 heterocycles. The summed E-state index contributed by atoms with van der Waals surface area (Å²) >= 11 is 5.52. The largest absolute Gasteiger partial charge is 0.378 e. The molecule has 0 radical (unpaired) electrons. The highest BCUT2D eigenvalue weighted by Crippen LogP contribution is 2.18. The summed E-state index contributed by atoms with van der Waals surface area (Å²) < 4.78 is 5.40. The Hall–Kier alpha value is -1.01. The zero-order valence-electron chi connectivity index (χ0n) is 9.33. The Morgan fingerprint density at radius 1 is 1.69 bits per heavy atom. The van der Waals surface area contributed by atoms with Crippen molar-refractivity contribution in [3.63, 3.8) is 0 Å². The van der Waals surface area contributed by atoms with E-state index in [1.807, 2.05) is 6.92 Å². The number of nitrogens with zero attached hydrogens (tertiary/aromatic N) is 1. The molecule has 2 N–H and O–H groups in total. The second-order valence-electron chi connectivity index (χ2n) is 3.80. The van der Waals surface area contributed by atoms with Crippen LogP contribution in [-0.4, -0.2) is 31.2 Å². The quantitative estimate of drug-likeness (QED) is 0.429. The summed E-state index contributed by atoms with van der Waals surface area (Å²) in [7, 11) is 1.59. The van der Waals surface area contributed by atoms with Crippen molar-refractivity contribution in [1.82, 2.24) is 10.6 Å². The fourth-order valence-electron chi connectivity index (χ4n) is 1.65. The number of nitrogens with one attached hydrogen (secondary N) is 2. The maximum absolute atomic E-state index is 10.5. The fourth-order valence-corrected chi connectivity index (χ4v) is 1.81. The molecule has 7 heteroatoms. The highest BCUT2D eigenvalue weighted by Gasteiger charge is 2.23. The predicted molar refractivity (Wildman–Crippen MR) is 60.5 cm³/mol. The van der Waals surface area contributed by atoms with Crippen LogP contribution in [0.15, 0.2) is 11.0 Å². The van der Waals surface area contributed by atoms with E-state index in [4.69, 9.17) is 16.3 Å². The molecule has 0 saturated carbocycles. The van der Waals surface area contributed by atoms with Gasteiger partial charge in [0.25, 0.3) is 0 Å².